The van der Waals surface area contributed by atoms with Gasteiger partial charge in [-0.3, -0.25) is 0 Å². The molecule has 0 aromatic carbocycles. The molecular weight excluding hydrogens is 178 g/mol. The zero-order valence-corrected chi connectivity index (χ0v) is 9.16. The first-order valence-corrected chi connectivity index (χ1v) is 5.97. The zero-order valence-electron chi connectivity index (χ0n) is 8.34. The number of hydrogen-bond donors (Lipinski definition) is 1. The minimum Gasteiger partial charge on any atom is -0.313 e. The van der Waals surface area contributed by atoms with Gasteiger partial charge in [-0.05, 0) is 41.8 Å². The van der Waals surface area contributed by atoms with Gasteiger partial charge < -0.3 is 5.32 Å². The summed E-state index contributed by atoms with van der Waals surface area (Å²) in [5.74, 6) is 0. The van der Waals surface area contributed by atoms with E-state index in [1.807, 2.05) is 11.3 Å². The Kier molecular flexibility index (Phi) is 2.43. The van der Waals surface area contributed by atoms with Crippen molar-refractivity contribution < 1.29 is 0 Å². The van der Waals surface area contributed by atoms with Crippen LogP contribution in [-0.2, 0) is 5.41 Å². The molecular formula is C11H17NS. The molecule has 1 aliphatic rings. The highest BCUT2D eigenvalue weighted by molar-refractivity contribution is 7.08. The van der Waals surface area contributed by atoms with E-state index in [1.54, 1.807) is 0 Å². The highest BCUT2D eigenvalue weighted by Gasteiger charge is 2.38. The lowest BCUT2D eigenvalue weighted by Gasteiger charge is -2.29. The van der Waals surface area contributed by atoms with Crippen LogP contribution in [0.5, 0.6) is 0 Å². The monoisotopic (exact) mass is 195 g/mol. The quantitative estimate of drug-likeness (QED) is 0.765. The summed E-state index contributed by atoms with van der Waals surface area (Å²) in [6.45, 7) is 5.83. The first kappa shape index (κ1) is 9.22. The standard InChI is InChI=1S/C11H17NS/c1-3-10-11(2,5-6-12-10)9-4-7-13-8-9/h4,7-8,10,12H,3,5-6H2,1-2H3. The molecule has 0 aliphatic carbocycles. The van der Waals surface area contributed by atoms with Crippen molar-refractivity contribution >= 4 is 11.3 Å². The fraction of sp³-hybridized carbons (Fsp3) is 0.636. The van der Waals surface area contributed by atoms with E-state index in [0.717, 1.165) is 0 Å². The van der Waals surface area contributed by atoms with Crippen molar-refractivity contribution in [1.29, 1.82) is 0 Å². The maximum absolute atomic E-state index is 3.59. The Morgan fingerprint density at radius 3 is 3.15 bits per heavy atom. The molecule has 1 aliphatic heterocycles. The molecule has 0 spiro atoms. The molecule has 1 saturated heterocycles. The van der Waals surface area contributed by atoms with Crippen LogP contribution in [0.2, 0.25) is 0 Å². The van der Waals surface area contributed by atoms with Crippen LogP contribution >= 0.6 is 11.3 Å². The van der Waals surface area contributed by atoms with Crippen LogP contribution in [0.15, 0.2) is 16.8 Å². The van der Waals surface area contributed by atoms with E-state index in [-0.39, 0.29) is 0 Å². The lowest BCUT2D eigenvalue weighted by molar-refractivity contribution is 0.394. The van der Waals surface area contributed by atoms with Gasteiger partial charge in [0.1, 0.15) is 0 Å². The summed E-state index contributed by atoms with van der Waals surface area (Å²) in [6, 6.07) is 2.95. The van der Waals surface area contributed by atoms with E-state index in [0.29, 0.717) is 11.5 Å². The van der Waals surface area contributed by atoms with E-state index < -0.39 is 0 Å². The van der Waals surface area contributed by atoms with Gasteiger partial charge in [-0.15, -0.1) is 0 Å². The second-order valence-electron chi connectivity index (χ2n) is 4.09. The predicted molar refractivity (Wildman–Crippen MR) is 58.4 cm³/mol. The maximum atomic E-state index is 3.59. The average molecular weight is 195 g/mol. The van der Waals surface area contributed by atoms with Crippen LogP contribution in [0.4, 0.5) is 0 Å². The first-order valence-electron chi connectivity index (χ1n) is 5.03. The van der Waals surface area contributed by atoms with Gasteiger partial charge >= 0.3 is 0 Å². The fourth-order valence-corrected chi connectivity index (χ4v) is 3.23. The van der Waals surface area contributed by atoms with Crippen molar-refractivity contribution in [2.24, 2.45) is 0 Å². The molecule has 2 rings (SSSR count). The van der Waals surface area contributed by atoms with Gasteiger partial charge in [-0.2, -0.15) is 11.3 Å². The summed E-state index contributed by atoms with van der Waals surface area (Å²) >= 11 is 1.81. The smallest absolute Gasteiger partial charge is 0.0159 e. The lowest BCUT2D eigenvalue weighted by atomic mass is 9.76. The Hall–Kier alpha value is -0.340. The van der Waals surface area contributed by atoms with E-state index >= 15 is 0 Å². The Balaban J connectivity index is 2.29. The minimum absolute atomic E-state index is 0.384. The third-order valence-electron chi connectivity index (χ3n) is 3.39. The third-order valence-corrected chi connectivity index (χ3v) is 4.08. The van der Waals surface area contributed by atoms with E-state index in [1.165, 1.54) is 24.9 Å². The second kappa shape index (κ2) is 3.43. The summed E-state index contributed by atoms with van der Waals surface area (Å²) in [7, 11) is 0. The van der Waals surface area contributed by atoms with Crippen LogP contribution < -0.4 is 5.32 Å². The third kappa shape index (κ3) is 1.42. The van der Waals surface area contributed by atoms with Crippen LogP contribution in [0.1, 0.15) is 32.3 Å². The lowest BCUT2D eigenvalue weighted by Crippen LogP contribution is -2.36. The number of nitrogens with one attached hydrogen (secondary N) is 1. The van der Waals surface area contributed by atoms with Crippen molar-refractivity contribution in [3.63, 3.8) is 0 Å². The van der Waals surface area contributed by atoms with Gasteiger partial charge in [0.05, 0.1) is 0 Å². The minimum atomic E-state index is 0.384. The topological polar surface area (TPSA) is 12.0 Å². The number of thiophene rings is 1. The molecule has 1 aromatic heterocycles. The molecule has 2 heteroatoms. The SMILES string of the molecule is CCC1NCCC1(C)c1ccsc1. The molecule has 13 heavy (non-hydrogen) atoms. The molecule has 1 aromatic rings. The summed E-state index contributed by atoms with van der Waals surface area (Å²) in [5.41, 5.74) is 1.91. The maximum Gasteiger partial charge on any atom is 0.0159 e. The van der Waals surface area contributed by atoms with Gasteiger partial charge in [-0.25, -0.2) is 0 Å². The molecule has 0 radical (unpaired) electrons. The highest BCUT2D eigenvalue weighted by Crippen LogP contribution is 2.37. The summed E-state index contributed by atoms with van der Waals surface area (Å²) < 4.78 is 0. The molecule has 2 heterocycles. The molecule has 2 atom stereocenters. The van der Waals surface area contributed by atoms with Gasteiger partial charge in [0, 0.05) is 11.5 Å². The van der Waals surface area contributed by atoms with Crippen molar-refractivity contribution in [2.75, 3.05) is 6.54 Å². The Morgan fingerprint density at radius 2 is 2.54 bits per heavy atom. The van der Waals surface area contributed by atoms with Crippen LogP contribution in [-0.4, -0.2) is 12.6 Å². The number of hydrogen-bond acceptors (Lipinski definition) is 2. The molecule has 0 amide bonds. The molecule has 72 valence electrons. The Morgan fingerprint density at radius 1 is 1.69 bits per heavy atom. The van der Waals surface area contributed by atoms with E-state index in [2.05, 4.69) is 36.0 Å². The van der Waals surface area contributed by atoms with Crippen LogP contribution in [0.25, 0.3) is 0 Å². The summed E-state index contributed by atoms with van der Waals surface area (Å²) in [6.07, 6.45) is 2.51. The molecule has 1 N–H and O–H groups in total. The normalized spacial score (nSPS) is 33.8. The zero-order chi connectivity index (χ0) is 9.31. The van der Waals surface area contributed by atoms with Gasteiger partial charge in [0.15, 0.2) is 0 Å². The van der Waals surface area contributed by atoms with Gasteiger partial charge in [-0.1, -0.05) is 13.8 Å². The second-order valence-corrected chi connectivity index (χ2v) is 4.87. The van der Waals surface area contributed by atoms with Crippen LogP contribution in [0, 0.1) is 0 Å². The highest BCUT2D eigenvalue weighted by atomic mass is 32.1. The van der Waals surface area contributed by atoms with Crippen LogP contribution in [0.3, 0.4) is 0 Å². The largest absolute Gasteiger partial charge is 0.313 e. The average Bonchev–Trinajstić information content (AvgIpc) is 2.72. The fourth-order valence-electron chi connectivity index (χ4n) is 2.44. The number of rotatable bonds is 2. The van der Waals surface area contributed by atoms with Gasteiger partial charge in [0.2, 0.25) is 0 Å². The Bertz CT molecular complexity index is 268. The summed E-state index contributed by atoms with van der Waals surface area (Å²) in [5, 5.41) is 8.08. The molecule has 1 nitrogen and oxygen atoms in total. The van der Waals surface area contributed by atoms with Gasteiger partial charge in [0.25, 0.3) is 0 Å². The molecule has 1 fully saturated rings. The van der Waals surface area contributed by atoms with E-state index in [4.69, 9.17) is 0 Å². The van der Waals surface area contributed by atoms with E-state index in [9.17, 15) is 0 Å². The summed E-state index contributed by atoms with van der Waals surface area (Å²) in [4.78, 5) is 0. The molecule has 0 bridgehead atoms. The van der Waals surface area contributed by atoms with Crippen molar-refractivity contribution in [1.82, 2.24) is 5.32 Å². The predicted octanol–water partition coefficient (Wildman–Crippen LogP) is 2.78. The Labute approximate surface area is 84.2 Å². The van der Waals surface area contributed by atoms with Crippen molar-refractivity contribution in [3.8, 4) is 0 Å². The van der Waals surface area contributed by atoms with Crippen molar-refractivity contribution in [2.45, 2.75) is 38.1 Å². The van der Waals surface area contributed by atoms with Crippen molar-refractivity contribution in [3.05, 3.63) is 22.4 Å². The molecule has 0 saturated carbocycles. The molecule has 2 unspecified atom stereocenters. The first-order chi connectivity index (χ1) is 6.27.